The summed E-state index contributed by atoms with van der Waals surface area (Å²) in [6.07, 6.45) is 3.23. The molecular weight excluding hydrogens is 272 g/mol. The Kier molecular flexibility index (Phi) is 4.76. The lowest BCUT2D eigenvalue weighted by Crippen LogP contribution is -2.57. The van der Waals surface area contributed by atoms with Gasteiger partial charge in [0, 0.05) is 19.2 Å². The molecule has 2 rings (SSSR count). The van der Waals surface area contributed by atoms with Crippen LogP contribution >= 0.6 is 0 Å². The number of ether oxygens (including phenoxy) is 1. The van der Waals surface area contributed by atoms with Gasteiger partial charge in [0.1, 0.15) is 6.04 Å². The maximum Gasteiger partial charge on any atom is 0.326 e. The number of hydrogen-bond donors (Lipinski definition) is 2. The summed E-state index contributed by atoms with van der Waals surface area (Å²) >= 11 is 0. The van der Waals surface area contributed by atoms with Gasteiger partial charge in [-0.15, -0.1) is 0 Å². The lowest BCUT2D eigenvalue weighted by atomic mass is 9.91. The van der Waals surface area contributed by atoms with Crippen molar-refractivity contribution in [2.75, 3.05) is 13.2 Å². The van der Waals surface area contributed by atoms with E-state index in [9.17, 15) is 14.7 Å². The first-order valence-electron chi connectivity index (χ1n) is 7.74. The maximum atomic E-state index is 12.4. The first-order chi connectivity index (χ1) is 9.80. The third-order valence-corrected chi connectivity index (χ3v) is 4.47. The van der Waals surface area contributed by atoms with Crippen LogP contribution in [0.5, 0.6) is 0 Å². The highest BCUT2D eigenvalue weighted by Crippen LogP contribution is 2.26. The molecule has 2 heterocycles. The third kappa shape index (κ3) is 3.87. The van der Waals surface area contributed by atoms with E-state index in [0.717, 1.165) is 25.7 Å². The average molecular weight is 298 g/mol. The van der Waals surface area contributed by atoms with Crippen molar-refractivity contribution in [3.8, 4) is 0 Å². The second-order valence-electron chi connectivity index (χ2n) is 6.84. The molecule has 6 heteroatoms. The van der Waals surface area contributed by atoms with Crippen LogP contribution in [0, 0.1) is 5.92 Å². The Labute approximate surface area is 125 Å². The second kappa shape index (κ2) is 6.22. The predicted molar refractivity (Wildman–Crippen MR) is 78.1 cm³/mol. The zero-order valence-electron chi connectivity index (χ0n) is 13.1. The van der Waals surface area contributed by atoms with Gasteiger partial charge in [-0.25, -0.2) is 9.59 Å². The number of nitrogens with one attached hydrogen (secondary N) is 1. The number of carboxylic acids is 1. The van der Waals surface area contributed by atoms with Crippen molar-refractivity contribution in [3.05, 3.63) is 0 Å². The first-order valence-corrected chi connectivity index (χ1v) is 7.74. The van der Waals surface area contributed by atoms with E-state index in [4.69, 9.17) is 4.74 Å². The number of urea groups is 1. The normalized spacial score (nSPS) is 32.5. The Balaban J connectivity index is 1.99. The van der Waals surface area contributed by atoms with Gasteiger partial charge in [0.25, 0.3) is 0 Å². The molecule has 0 saturated carbocycles. The largest absolute Gasteiger partial charge is 0.480 e. The Morgan fingerprint density at radius 3 is 2.67 bits per heavy atom. The topological polar surface area (TPSA) is 78.9 Å². The number of likely N-dealkylation sites (tertiary alicyclic amines) is 1. The van der Waals surface area contributed by atoms with Crippen LogP contribution in [-0.4, -0.2) is 52.8 Å². The van der Waals surface area contributed by atoms with Gasteiger partial charge in [-0.2, -0.15) is 0 Å². The van der Waals surface area contributed by atoms with Crippen LogP contribution in [0.15, 0.2) is 0 Å². The summed E-state index contributed by atoms with van der Waals surface area (Å²) in [5.74, 6) is -0.919. The van der Waals surface area contributed by atoms with Gasteiger partial charge in [-0.3, -0.25) is 0 Å². The third-order valence-electron chi connectivity index (χ3n) is 4.47. The minimum absolute atomic E-state index is 0.00636. The molecule has 2 fully saturated rings. The molecule has 0 radical (unpaired) electrons. The summed E-state index contributed by atoms with van der Waals surface area (Å²) in [4.78, 5) is 25.4. The molecule has 0 aliphatic carbocycles. The fourth-order valence-corrected chi connectivity index (χ4v) is 3.40. The van der Waals surface area contributed by atoms with E-state index < -0.39 is 12.0 Å². The van der Waals surface area contributed by atoms with Crippen molar-refractivity contribution < 1.29 is 19.4 Å². The highest BCUT2D eigenvalue weighted by Gasteiger charge is 2.38. The molecule has 0 bridgehead atoms. The minimum Gasteiger partial charge on any atom is -0.480 e. The van der Waals surface area contributed by atoms with E-state index >= 15 is 0 Å². The van der Waals surface area contributed by atoms with Crippen LogP contribution in [0.3, 0.4) is 0 Å². The fourth-order valence-electron chi connectivity index (χ4n) is 3.40. The van der Waals surface area contributed by atoms with Gasteiger partial charge in [0.15, 0.2) is 0 Å². The van der Waals surface area contributed by atoms with Crippen LogP contribution in [-0.2, 0) is 9.53 Å². The van der Waals surface area contributed by atoms with Crippen molar-refractivity contribution >= 4 is 12.0 Å². The van der Waals surface area contributed by atoms with E-state index in [0.29, 0.717) is 13.2 Å². The average Bonchev–Trinajstić information content (AvgIpc) is 2.36. The van der Waals surface area contributed by atoms with Crippen LogP contribution < -0.4 is 5.32 Å². The van der Waals surface area contributed by atoms with E-state index in [1.54, 1.807) is 0 Å². The van der Waals surface area contributed by atoms with Crippen LogP contribution in [0.4, 0.5) is 4.79 Å². The molecule has 0 aromatic rings. The minimum atomic E-state index is -0.912. The van der Waals surface area contributed by atoms with Gasteiger partial charge in [0.2, 0.25) is 0 Å². The number of hydrogen-bond acceptors (Lipinski definition) is 3. The van der Waals surface area contributed by atoms with E-state index in [1.165, 1.54) is 4.90 Å². The molecule has 0 aromatic carbocycles. The quantitative estimate of drug-likeness (QED) is 0.815. The Morgan fingerprint density at radius 1 is 1.33 bits per heavy atom. The summed E-state index contributed by atoms with van der Waals surface area (Å²) in [6, 6.07) is -0.920. The smallest absolute Gasteiger partial charge is 0.326 e. The van der Waals surface area contributed by atoms with Crippen molar-refractivity contribution in [2.45, 2.75) is 64.1 Å². The van der Waals surface area contributed by atoms with E-state index in [2.05, 4.69) is 5.32 Å². The monoisotopic (exact) mass is 298 g/mol. The number of carbonyl (C=O) groups excluding carboxylic acids is 1. The molecule has 0 spiro atoms. The maximum absolute atomic E-state index is 12.4. The molecule has 2 saturated heterocycles. The summed E-state index contributed by atoms with van der Waals surface area (Å²) in [6.45, 7) is 7.05. The predicted octanol–water partition coefficient (Wildman–Crippen LogP) is 1.84. The van der Waals surface area contributed by atoms with Gasteiger partial charge in [0.05, 0.1) is 5.60 Å². The Hall–Kier alpha value is -1.30. The van der Waals surface area contributed by atoms with Gasteiger partial charge in [-0.1, -0.05) is 6.92 Å². The molecule has 2 aliphatic rings. The number of nitrogens with zero attached hydrogens (tertiary/aromatic N) is 1. The van der Waals surface area contributed by atoms with Crippen LogP contribution in [0.2, 0.25) is 0 Å². The number of aliphatic carboxylic acids is 1. The zero-order valence-corrected chi connectivity index (χ0v) is 13.1. The van der Waals surface area contributed by atoms with E-state index in [-0.39, 0.29) is 23.6 Å². The molecule has 120 valence electrons. The molecular formula is C15H26N2O4. The van der Waals surface area contributed by atoms with E-state index in [1.807, 2.05) is 20.8 Å². The summed E-state index contributed by atoms with van der Waals surface area (Å²) in [5.41, 5.74) is -0.239. The summed E-state index contributed by atoms with van der Waals surface area (Å²) < 4.78 is 5.64. The number of rotatable bonds is 2. The standard InChI is InChI=1S/C15H26N2O4/c1-10-5-4-7-17(12(10)13(18)19)14(20)16-11-6-8-21-15(2,3)9-11/h10-12H,4-9H2,1-3H3,(H,16,20)(H,18,19). The van der Waals surface area contributed by atoms with Gasteiger partial charge < -0.3 is 20.1 Å². The molecule has 3 atom stereocenters. The second-order valence-corrected chi connectivity index (χ2v) is 6.84. The van der Waals surface area contributed by atoms with Crippen molar-refractivity contribution in [1.29, 1.82) is 0 Å². The van der Waals surface area contributed by atoms with Crippen molar-refractivity contribution in [2.24, 2.45) is 5.92 Å². The van der Waals surface area contributed by atoms with Crippen LogP contribution in [0.1, 0.15) is 46.5 Å². The Morgan fingerprint density at radius 2 is 2.05 bits per heavy atom. The zero-order chi connectivity index (χ0) is 15.6. The number of piperidine rings is 1. The summed E-state index contributed by atoms with van der Waals surface area (Å²) in [7, 11) is 0. The molecule has 2 N–H and O–H groups in total. The number of carbonyl (C=O) groups is 2. The highest BCUT2D eigenvalue weighted by molar-refractivity contribution is 5.83. The van der Waals surface area contributed by atoms with Gasteiger partial charge in [-0.05, 0) is 45.4 Å². The lowest BCUT2D eigenvalue weighted by molar-refractivity contribution is -0.145. The summed E-state index contributed by atoms with van der Waals surface area (Å²) in [5, 5.41) is 12.4. The fraction of sp³-hybridized carbons (Fsp3) is 0.867. The molecule has 6 nitrogen and oxygen atoms in total. The van der Waals surface area contributed by atoms with Gasteiger partial charge >= 0.3 is 12.0 Å². The molecule has 0 aromatic heterocycles. The number of amides is 2. The highest BCUT2D eigenvalue weighted by atomic mass is 16.5. The Bertz CT molecular complexity index is 410. The molecule has 21 heavy (non-hydrogen) atoms. The van der Waals surface area contributed by atoms with Crippen molar-refractivity contribution in [1.82, 2.24) is 10.2 Å². The molecule has 2 aliphatic heterocycles. The number of carboxylic acid groups (broad SMARTS) is 1. The van der Waals surface area contributed by atoms with Crippen LogP contribution in [0.25, 0.3) is 0 Å². The SMILES string of the molecule is CC1CCCN(C(=O)NC2CCOC(C)(C)C2)C1C(=O)O. The van der Waals surface area contributed by atoms with Crippen molar-refractivity contribution in [3.63, 3.8) is 0 Å². The molecule has 2 amide bonds. The first kappa shape index (κ1) is 16.1. The molecule has 3 unspecified atom stereocenters. The lowest BCUT2D eigenvalue weighted by Gasteiger charge is -2.40.